The molecule has 0 aliphatic rings. The van der Waals surface area contributed by atoms with Crippen molar-refractivity contribution in [2.24, 2.45) is 7.05 Å². The van der Waals surface area contributed by atoms with Gasteiger partial charge in [0.15, 0.2) is 12.3 Å². The molecule has 108 valence electrons. The number of nitrogens with one attached hydrogen (secondary N) is 1. The van der Waals surface area contributed by atoms with E-state index in [1.165, 1.54) is 16.0 Å². The van der Waals surface area contributed by atoms with Crippen molar-refractivity contribution in [1.29, 1.82) is 0 Å². The van der Waals surface area contributed by atoms with Gasteiger partial charge in [-0.25, -0.2) is 4.98 Å². The molecule has 21 heavy (non-hydrogen) atoms. The molecule has 0 saturated heterocycles. The monoisotopic (exact) mass is 304 g/mol. The van der Waals surface area contributed by atoms with E-state index in [1.807, 2.05) is 19.9 Å². The third-order valence-corrected chi connectivity index (χ3v) is 4.14. The molecule has 3 N–H and O–H groups in total. The zero-order valence-corrected chi connectivity index (χ0v) is 12.6. The Bertz CT molecular complexity index is 852. The third kappa shape index (κ3) is 2.33. The Morgan fingerprint density at radius 3 is 2.90 bits per heavy atom. The van der Waals surface area contributed by atoms with Crippen molar-refractivity contribution >= 4 is 39.0 Å². The van der Waals surface area contributed by atoms with E-state index in [2.05, 4.69) is 15.6 Å². The van der Waals surface area contributed by atoms with Crippen LogP contribution in [0, 0.1) is 13.8 Å². The molecule has 0 atom stereocenters. The lowest BCUT2D eigenvalue weighted by atomic mass is 10.1. The molecule has 0 aromatic carbocycles. The average molecular weight is 304 g/mol. The second kappa shape index (κ2) is 4.81. The maximum absolute atomic E-state index is 12.3. The van der Waals surface area contributed by atoms with E-state index in [0.29, 0.717) is 10.6 Å². The molecule has 0 saturated carbocycles. The van der Waals surface area contributed by atoms with Crippen molar-refractivity contribution in [3.63, 3.8) is 0 Å². The van der Waals surface area contributed by atoms with E-state index in [0.717, 1.165) is 21.5 Å². The number of fused-ring (bicyclic) bond motifs is 1. The SMILES string of the molecule is Cc1cc(C)c2c(N)c(C(=O)Nc3c[n+](C)no3)sc2n1. The molecule has 3 aromatic heterocycles. The third-order valence-electron chi connectivity index (χ3n) is 3.04. The van der Waals surface area contributed by atoms with Crippen LogP contribution in [0.4, 0.5) is 11.6 Å². The Balaban J connectivity index is 2.02. The molecule has 0 aliphatic carbocycles. The Kier molecular flexibility index (Phi) is 3.09. The number of hydrogen-bond acceptors (Lipinski definition) is 6. The number of carbonyl (C=O) groups excluding carboxylic acids is 1. The topological polar surface area (TPSA) is 97.9 Å². The van der Waals surface area contributed by atoms with Crippen LogP contribution in [0.1, 0.15) is 20.9 Å². The van der Waals surface area contributed by atoms with Gasteiger partial charge in [0.05, 0.1) is 5.69 Å². The molecule has 0 fully saturated rings. The van der Waals surface area contributed by atoms with Crippen LogP contribution in [0.3, 0.4) is 0 Å². The highest BCUT2D eigenvalue weighted by molar-refractivity contribution is 7.21. The molecule has 7 nitrogen and oxygen atoms in total. The molecule has 0 aliphatic heterocycles. The van der Waals surface area contributed by atoms with Crippen molar-refractivity contribution in [2.75, 3.05) is 11.1 Å². The number of rotatable bonds is 2. The first kappa shape index (κ1) is 13.5. The van der Waals surface area contributed by atoms with Gasteiger partial charge in [0.2, 0.25) is 0 Å². The smallest absolute Gasteiger partial charge is 0.302 e. The lowest BCUT2D eigenvalue weighted by Gasteiger charge is -2.00. The number of thiophene rings is 1. The summed E-state index contributed by atoms with van der Waals surface area (Å²) in [6.45, 7) is 3.87. The number of pyridine rings is 1. The van der Waals surface area contributed by atoms with Gasteiger partial charge in [-0.3, -0.25) is 14.6 Å². The quantitative estimate of drug-likeness (QED) is 0.700. The standard InChI is InChI=1S/C13H13N5O2S/c1-6-4-7(2)15-13-9(6)10(14)11(21-13)12(19)16-8-5-18(3)17-20-8/h4-5H,1-3H3,(H2-,14,16,17,19)/p+1. The molecule has 8 heteroatoms. The lowest BCUT2D eigenvalue weighted by Crippen LogP contribution is -2.28. The van der Waals surface area contributed by atoms with Crippen molar-refractivity contribution in [2.45, 2.75) is 13.8 Å². The number of anilines is 2. The summed E-state index contributed by atoms with van der Waals surface area (Å²) < 4.78 is 6.40. The second-order valence-corrected chi connectivity index (χ2v) is 5.80. The number of nitrogen functional groups attached to an aromatic ring is 1. The van der Waals surface area contributed by atoms with Crippen LogP contribution in [-0.4, -0.2) is 16.2 Å². The van der Waals surface area contributed by atoms with Gasteiger partial charge in [0, 0.05) is 11.1 Å². The van der Waals surface area contributed by atoms with Crippen LogP contribution in [-0.2, 0) is 7.05 Å². The molecular weight excluding hydrogens is 290 g/mol. The van der Waals surface area contributed by atoms with Crippen molar-refractivity contribution in [3.8, 4) is 0 Å². The van der Waals surface area contributed by atoms with Crippen molar-refractivity contribution in [3.05, 3.63) is 28.4 Å². The highest BCUT2D eigenvalue weighted by Gasteiger charge is 2.21. The van der Waals surface area contributed by atoms with E-state index in [1.54, 1.807) is 13.2 Å². The van der Waals surface area contributed by atoms with Crippen LogP contribution in [0.15, 0.2) is 16.8 Å². The summed E-state index contributed by atoms with van der Waals surface area (Å²) >= 11 is 1.27. The van der Waals surface area contributed by atoms with E-state index >= 15 is 0 Å². The second-order valence-electron chi connectivity index (χ2n) is 4.80. The number of hydrogen-bond donors (Lipinski definition) is 2. The van der Waals surface area contributed by atoms with Crippen LogP contribution in [0.25, 0.3) is 10.2 Å². The van der Waals surface area contributed by atoms with Crippen molar-refractivity contribution < 1.29 is 14.0 Å². The molecular formula is C13H14N5O2S+. The minimum absolute atomic E-state index is 0.264. The minimum atomic E-state index is -0.329. The number of nitrogens with zero attached hydrogens (tertiary/aromatic N) is 3. The predicted molar refractivity (Wildman–Crippen MR) is 79.1 cm³/mol. The zero-order valence-electron chi connectivity index (χ0n) is 11.8. The fourth-order valence-corrected chi connectivity index (χ4v) is 3.30. The van der Waals surface area contributed by atoms with E-state index in [-0.39, 0.29) is 11.8 Å². The number of carbonyl (C=O) groups is 1. The Labute approximate surface area is 124 Å². The van der Waals surface area contributed by atoms with E-state index in [9.17, 15) is 4.79 Å². The first-order valence-corrected chi connectivity index (χ1v) is 7.07. The Hall–Kier alpha value is -2.48. The largest absolute Gasteiger partial charge is 0.397 e. The lowest BCUT2D eigenvalue weighted by molar-refractivity contribution is -0.739. The van der Waals surface area contributed by atoms with Crippen LogP contribution >= 0.6 is 11.3 Å². The highest BCUT2D eigenvalue weighted by atomic mass is 32.1. The van der Waals surface area contributed by atoms with Crippen LogP contribution < -0.4 is 15.7 Å². The van der Waals surface area contributed by atoms with Gasteiger partial charge in [-0.2, -0.15) is 0 Å². The van der Waals surface area contributed by atoms with Gasteiger partial charge in [-0.15, -0.1) is 11.3 Å². The summed E-state index contributed by atoms with van der Waals surface area (Å²) in [6, 6.07) is 1.95. The minimum Gasteiger partial charge on any atom is -0.397 e. The maximum atomic E-state index is 12.3. The zero-order chi connectivity index (χ0) is 15.1. The molecule has 3 aromatic rings. The van der Waals surface area contributed by atoms with Crippen LogP contribution in [0.2, 0.25) is 0 Å². The molecule has 0 unspecified atom stereocenters. The van der Waals surface area contributed by atoms with Gasteiger partial charge in [0.25, 0.3) is 12.1 Å². The number of nitrogens with two attached hydrogens (primary N) is 1. The Morgan fingerprint density at radius 2 is 2.24 bits per heavy atom. The summed E-state index contributed by atoms with van der Waals surface area (Å²) in [4.78, 5) is 17.9. The van der Waals surface area contributed by atoms with Gasteiger partial charge in [-0.1, -0.05) is 4.68 Å². The van der Waals surface area contributed by atoms with E-state index in [4.69, 9.17) is 10.3 Å². The highest BCUT2D eigenvalue weighted by Crippen LogP contribution is 2.35. The molecule has 3 heterocycles. The summed E-state index contributed by atoms with van der Waals surface area (Å²) in [5, 5.41) is 7.10. The molecule has 3 rings (SSSR count). The normalized spacial score (nSPS) is 11.0. The number of aromatic nitrogens is 3. The summed E-state index contributed by atoms with van der Waals surface area (Å²) in [6.07, 6.45) is 1.56. The molecule has 0 bridgehead atoms. The fraction of sp³-hybridized carbons (Fsp3) is 0.231. The van der Waals surface area contributed by atoms with E-state index < -0.39 is 0 Å². The summed E-state index contributed by atoms with van der Waals surface area (Å²) in [5.41, 5.74) is 8.46. The summed E-state index contributed by atoms with van der Waals surface area (Å²) in [5.74, 6) is -0.0653. The Morgan fingerprint density at radius 1 is 1.48 bits per heavy atom. The number of aryl methyl sites for hydroxylation is 3. The first-order valence-electron chi connectivity index (χ1n) is 6.26. The molecule has 1 amide bonds. The molecule has 0 spiro atoms. The summed E-state index contributed by atoms with van der Waals surface area (Å²) in [7, 11) is 1.70. The maximum Gasteiger partial charge on any atom is 0.302 e. The average Bonchev–Trinajstić information content (AvgIpc) is 2.93. The van der Waals surface area contributed by atoms with Gasteiger partial charge in [0.1, 0.15) is 9.71 Å². The van der Waals surface area contributed by atoms with Gasteiger partial charge in [-0.05, 0) is 25.5 Å². The fourth-order valence-electron chi connectivity index (χ4n) is 2.19. The number of amides is 1. The predicted octanol–water partition coefficient (Wildman–Crippen LogP) is 1.56. The first-order chi connectivity index (χ1) is 9.95. The molecule has 0 radical (unpaired) electrons. The van der Waals surface area contributed by atoms with Crippen LogP contribution in [0.5, 0.6) is 0 Å². The van der Waals surface area contributed by atoms with Gasteiger partial charge < -0.3 is 5.73 Å². The van der Waals surface area contributed by atoms with Gasteiger partial charge >= 0.3 is 5.88 Å². The van der Waals surface area contributed by atoms with Crippen molar-refractivity contribution in [1.82, 2.24) is 10.3 Å².